The standard InChI is InChI=1S/C20H16ClFN6O2S/c1-28-18(19-24-17(27-30-19)13-4-8-15(22)9-5-13)25-26-20(28)31-11-16(29)23-10-12-2-6-14(21)7-3-12/h2-9H,10-11H2,1H3,(H,23,29). The molecular formula is C20H16ClFN6O2S. The Morgan fingerprint density at radius 1 is 1.16 bits per heavy atom. The number of carbonyl (C=O) groups is 1. The van der Waals surface area contributed by atoms with Gasteiger partial charge in [-0.25, -0.2) is 4.39 Å². The minimum absolute atomic E-state index is 0.138. The van der Waals surface area contributed by atoms with Crippen LogP contribution in [0.15, 0.2) is 58.2 Å². The van der Waals surface area contributed by atoms with Gasteiger partial charge in [0.1, 0.15) is 5.82 Å². The van der Waals surface area contributed by atoms with E-state index in [-0.39, 0.29) is 23.4 Å². The molecule has 0 aliphatic heterocycles. The number of hydrogen-bond donors (Lipinski definition) is 1. The van der Waals surface area contributed by atoms with Gasteiger partial charge < -0.3 is 14.4 Å². The van der Waals surface area contributed by atoms with E-state index in [1.807, 2.05) is 12.1 Å². The molecule has 4 rings (SSSR count). The summed E-state index contributed by atoms with van der Waals surface area (Å²) in [5.74, 6) is 0.539. The fourth-order valence-corrected chi connectivity index (χ4v) is 3.51. The lowest BCUT2D eigenvalue weighted by molar-refractivity contribution is -0.118. The summed E-state index contributed by atoms with van der Waals surface area (Å²) in [7, 11) is 1.74. The number of carbonyl (C=O) groups excluding carboxylic acids is 1. The van der Waals surface area contributed by atoms with Crippen molar-refractivity contribution < 1.29 is 13.7 Å². The molecule has 0 fully saturated rings. The van der Waals surface area contributed by atoms with E-state index in [9.17, 15) is 9.18 Å². The molecule has 0 saturated heterocycles. The van der Waals surface area contributed by atoms with Gasteiger partial charge in [0.25, 0.3) is 5.89 Å². The van der Waals surface area contributed by atoms with Crippen LogP contribution in [0.4, 0.5) is 4.39 Å². The Labute approximate surface area is 185 Å². The SMILES string of the molecule is Cn1c(SCC(=O)NCc2ccc(Cl)cc2)nnc1-c1nc(-c2ccc(F)cc2)no1. The molecule has 1 N–H and O–H groups in total. The van der Waals surface area contributed by atoms with E-state index < -0.39 is 0 Å². The van der Waals surface area contributed by atoms with Gasteiger partial charge in [-0.05, 0) is 42.0 Å². The van der Waals surface area contributed by atoms with Gasteiger partial charge >= 0.3 is 0 Å². The molecule has 2 heterocycles. The highest BCUT2D eigenvalue weighted by Crippen LogP contribution is 2.24. The van der Waals surface area contributed by atoms with Crippen molar-refractivity contribution in [2.24, 2.45) is 7.05 Å². The molecule has 0 spiro atoms. The average molecular weight is 459 g/mol. The van der Waals surface area contributed by atoms with Crippen LogP contribution in [0, 0.1) is 5.82 Å². The number of thioether (sulfide) groups is 1. The number of nitrogens with one attached hydrogen (secondary N) is 1. The van der Waals surface area contributed by atoms with Crippen molar-refractivity contribution in [3.8, 4) is 23.1 Å². The molecule has 11 heteroatoms. The Bertz CT molecular complexity index is 1190. The van der Waals surface area contributed by atoms with Crippen LogP contribution in [0.5, 0.6) is 0 Å². The molecule has 4 aromatic rings. The van der Waals surface area contributed by atoms with Crippen molar-refractivity contribution >= 4 is 29.3 Å². The third kappa shape index (κ3) is 5.09. The highest BCUT2D eigenvalue weighted by atomic mass is 35.5. The average Bonchev–Trinajstić information content (AvgIpc) is 3.39. The van der Waals surface area contributed by atoms with Gasteiger partial charge in [0.2, 0.25) is 17.6 Å². The Hall–Kier alpha value is -3.24. The molecule has 2 aromatic carbocycles. The van der Waals surface area contributed by atoms with Gasteiger partial charge in [-0.2, -0.15) is 4.98 Å². The third-order valence-corrected chi connectivity index (χ3v) is 5.56. The van der Waals surface area contributed by atoms with Crippen molar-refractivity contribution in [2.45, 2.75) is 11.7 Å². The van der Waals surface area contributed by atoms with Crippen molar-refractivity contribution in [2.75, 3.05) is 5.75 Å². The van der Waals surface area contributed by atoms with E-state index in [4.69, 9.17) is 16.1 Å². The number of nitrogens with zero attached hydrogens (tertiary/aromatic N) is 5. The summed E-state index contributed by atoms with van der Waals surface area (Å²) in [4.78, 5) is 16.4. The maximum absolute atomic E-state index is 13.1. The topological polar surface area (TPSA) is 98.7 Å². The second-order valence-corrected chi connectivity index (χ2v) is 7.87. The fourth-order valence-electron chi connectivity index (χ4n) is 2.64. The molecule has 0 unspecified atom stereocenters. The van der Waals surface area contributed by atoms with Crippen LogP contribution in [0.25, 0.3) is 23.1 Å². The van der Waals surface area contributed by atoms with Crippen LogP contribution in [-0.4, -0.2) is 36.6 Å². The second kappa shape index (κ2) is 9.27. The molecular weight excluding hydrogens is 443 g/mol. The molecule has 0 aliphatic carbocycles. The van der Waals surface area contributed by atoms with Gasteiger partial charge in [0.15, 0.2) is 5.16 Å². The molecule has 1 amide bonds. The summed E-state index contributed by atoms with van der Waals surface area (Å²) < 4.78 is 20.0. The van der Waals surface area contributed by atoms with E-state index >= 15 is 0 Å². The Balaban J connectivity index is 1.36. The van der Waals surface area contributed by atoms with Gasteiger partial charge in [-0.15, -0.1) is 10.2 Å². The van der Waals surface area contributed by atoms with Gasteiger partial charge in [0, 0.05) is 24.2 Å². The molecule has 0 atom stereocenters. The zero-order chi connectivity index (χ0) is 21.8. The van der Waals surface area contributed by atoms with Crippen molar-refractivity contribution in [1.82, 2.24) is 30.2 Å². The molecule has 158 valence electrons. The first-order chi connectivity index (χ1) is 15.0. The Morgan fingerprint density at radius 3 is 2.65 bits per heavy atom. The molecule has 0 bridgehead atoms. The minimum atomic E-state index is -0.348. The van der Waals surface area contributed by atoms with E-state index in [2.05, 4.69) is 25.7 Å². The zero-order valence-electron chi connectivity index (χ0n) is 16.2. The Kier molecular flexibility index (Phi) is 6.28. The maximum Gasteiger partial charge on any atom is 0.296 e. The van der Waals surface area contributed by atoms with Gasteiger partial charge in [0.05, 0.1) is 5.75 Å². The van der Waals surface area contributed by atoms with Crippen LogP contribution < -0.4 is 5.32 Å². The number of benzene rings is 2. The lowest BCUT2D eigenvalue weighted by atomic mass is 10.2. The Morgan fingerprint density at radius 2 is 1.90 bits per heavy atom. The first kappa shape index (κ1) is 21.0. The van der Waals surface area contributed by atoms with Crippen molar-refractivity contribution in [3.63, 3.8) is 0 Å². The van der Waals surface area contributed by atoms with Crippen LogP contribution in [-0.2, 0) is 18.4 Å². The monoisotopic (exact) mass is 458 g/mol. The van der Waals surface area contributed by atoms with Crippen molar-refractivity contribution in [1.29, 1.82) is 0 Å². The predicted octanol–water partition coefficient (Wildman–Crippen LogP) is 3.73. The predicted molar refractivity (Wildman–Crippen MR) is 114 cm³/mol. The number of halogens is 2. The largest absolute Gasteiger partial charge is 0.351 e. The lowest BCUT2D eigenvalue weighted by Crippen LogP contribution is -2.24. The first-order valence-corrected chi connectivity index (χ1v) is 10.5. The van der Waals surface area contributed by atoms with E-state index in [1.54, 1.807) is 35.9 Å². The van der Waals surface area contributed by atoms with Crippen LogP contribution in [0.3, 0.4) is 0 Å². The number of amides is 1. The summed E-state index contributed by atoms with van der Waals surface area (Å²) in [5.41, 5.74) is 1.57. The molecule has 2 aromatic heterocycles. The highest BCUT2D eigenvalue weighted by Gasteiger charge is 2.19. The molecule has 0 radical (unpaired) electrons. The van der Waals surface area contributed by atoms with E-state index in [0.717, 1.165) is 5.56 Å². The summed E-state index contributed by atoms with van der Waals surface area (Å²) in [6, 6.07) is 13.0. The zero-order valence-corrected chi connectivity index (χ0v) is 17.8. The van der Waals surface area contributed by atoms with Gasteiger partial charge in [-0.1, -0.05) is 40.7 Å². The first-order valence-electron chi connectivity index (χ1n) is 9.13. The van der Waals surface area contributed by atoms with E-state index in [0.29, 0.717) is 33.9 Å². The second-order valence-electron chi connectivity index (χ2n) is 6.49. The summed E-state index contributed by atoms with van der Waals surface area (Å²) in [6.45, 7) is 0.411. The molecule has 31 heavy (non-hydrogen) atoms. The van der Waals surface area contributed by atoms with Gasteiger partial charge in [-0.3, -0.25) is 4.79 Å². The lowest BCUT2D eigenvalue weighted by Gasteiger charge is -2.05. The molecule has 0 aliphatic rings. The quantitative estimate of drug-likeness (QED) is 0.421. The number of hydrogen-bond acceptors (Lipinski definition) is 7. The summed E-state index contributed by atoms with van der Waals surface area (Å²) >= 11 is 7.09. The normalized spacial score (nSPS) is 10.9. The summed E-state index contributed by atoms with van der Waals surface area (Å²) in [6.07, 6.45) is 0. The van der Waals surface area contributed by atoms with Crippen LogP contribution in [0.2, 0.25) is 5.02 Å². The van der Waals surface area contributed by atoms with Crippen molar-refractivity contribution in [3.05, 3.63) is 64.9 Å². The minimum Gasteiger partial charge on any atom is -0.351 e. The smallest absolute Gasteiger partial charge is 0.296 e. The molecule has 0 saturated carbocycles. The van der Waals surface area contributed by atoms with Crippen LogP contribution >= 0.6 is 23.4 Å². The number of rotatable bonds is 7. The van der Waals surface area contributed by atoms with Crippen LogP contribution in [0.1, 0.15) is 5.56 Å². The maximum atomic E-state index is 13.1. The third-order valence-electron chi connectivity index (χ3n) is 4.29. The highest BCUT2D eigenvalue weighted by molar-refractivity contribution is 7.99. The van der Waals surface area contributed by atoms with E-state index in [1.165, 1.54) is 23.9 Å². The fraction of sp³-hybridized carbons (Fsp3) is 0.150. The number of aromatic nitrogens is 5. The molecule has 8 nitrogen and oxygen atoms in total. The summed E-state index contributed by atoms with van der Waals surface area (Å²) in [5, 5.41) is 16.1.